The highest BCUT2D eigenvalue weighted by molar-refractivity contribution is 5.99. The minimum absolute atomic E-state index is 0.192. The fourth-order valence-corrected chi connectivity index (χ4v) is 3.30. The molecule has 3 aromatic rings. The maximum Gasteiger partial charge on any atom is 0.101 e. The van der Waals surface area contributed by atoms with Crippen molar-refractivity contribution in [3.63, 3.8) is 0 Å². The van der Waals surface area contributed by atoms with Gasteiger partial charge < -0.3 is 10.2 Å². The molecule has 0 aromatic heterocycles. The van der Waals surface area contributed by atoms with E-state index in [1.165, 1.54) is 28.2 Å². The highest BCUT2D eigenvalue weighted by Crippen LogP contribution is 2.37. The largest absolute Gasteiger partial charge is 0.363 e. The third kappa shape index (κ3) is 2.56. The lowest BCUT2D eigenvalue weighted by Crippen LogP contribution is -2.34. The summed E-state index contributed by atoms with van der Waals surface area (Å²) in [5.41, 5.74) is 6.03. The van der Waals surface area contributed by atoms with Gasteiger partial charge in [-0.2, -0.15) is 0 Å². The predicted octanol–water partition coefficient (Wildman–Crippen LogP) is 4.97. The molecule has 0 spiro atoms. The highest BCUT2D eigenvalue weighted by Gasteiger charge is 2.30. The Bertz CT molecular complexity index is 839. The second-order valence-corrected chi connectivity index (χ2v) is 5.98. The van der Waals surface area contributed by atoms with Gasteiger partial charge in [0, 0.05) is 11.3 Å². The van der Waals surface area contributed by atoms with E-state index in [9.17, 15) is 0 Å². The van der Waals surface area contributed by atoms with E-state index in [4.69, 9.17) is 0 Å². The summed E-state index contributed by atoms with van der Waals surface area (Å²) in [6.07, 6.45) is 0.192. The molecule has 0 saturated heterocycles. The van der Waals surface area contributed by atoms with Crippen LogP contribution in [0.5, 0.6) is 0 Å². The van der Waals surface area contributed by atoms with Crippen LogP contribution >= 0.6 is 0 Å². The van der Waals surface area contributed by atoms with Crippen LogP contribution in [-0.2, 0) is 0 Å². The summed E-state index contributed by atoms with van der Waals surface area (Å²) in [4.78, 5) is 2.37. The molecule has 0 aliphatic carbocycles. The molecule has 0 amide bonds. The first kappa shape index (κ1) is 14.6. The number of anilines is 1. The molecule has 0 saturated carbocycles. The first-order valence-electron chi connectivity index (χ1n) is 8.30. The Kier molecular flexibility index (Phi) is 3.80. The summed E-state index contributed by atoms with van der Waals surface area (Å²) in [6, 6.07) is 31.7. The molecule has 2 heteroatoms. The predicted molar refractivity (Wildman–Crippen MR) is 101 cm³/mol. The second-order valence-electron chi connectivity index (χ2n) is 5.98. The van der Waals surface area contributed by atoms with E-state index >= 15 is 0 Å². The lowest BCUT2D eigenvalue weighted by atomic mass is 10.0. The van der Waals surface area contributed by atoms with Crippen LogP contribution in [0.15, 0.2) is 91.0 Å². The van der Waals surface area contributed by atoms with Gasteiger partial charge in [-0.05, 0) is 24.6 Å². The number of hydrogen-bond acceptors (Lipinski definition) is 2. The topological polar surface area (TPSA) is 15.3 Å². The van der Waals surface area contributed by atoms with E-state index in [2.05, 4.69) is 108 Å². The van der Waals surface area contributed by atoms with Gasteiger partial charge in [-0.3, -0.25) is 0 Å². The smallest absolute Gasteiger partial charge is 0.101 e. The van der Waals surface area contributed by atoms with E-state index in [-0.39, 0.29) is 6.17 Å². The zero-order valence-corrected chi connectivity index (χ0v) is 13.7. The van der Waals surface area contributed by atoms with Crippen molar-refractivity contribution in [3.8, 4) is 0 Å². The van der Waals surface area contributed by atoms with E-state index in [1.54, 1.807) is 0 Å². The van der Waals surface area contributed by atoms with Crippen molar-refractivity contribution >= 4 is 17.1 Å². The van der Waals surface area contributed by atoms with Crippen LogP contribution in [0, 0.1) is 0 Å². The zero-order chi connectivity index (χ0) is 16.4. The first-order valence-corrected chi connectivity index (χ1v) is 8.30. The van der Waals surface area contributed by atoms with E-state index in [0.717, 1.165) is 0 Å². The molecular weight excluding hydrogens is 292 g/mol. The fourth-order valence-electron chi connectivity index (χ4n) is 3.30. The van der Waals surface area contributed by atoms with Gasteiger partial charge in [0.2, 0.25) is 0 Å². The standard InChI is InChI=1S/C22H20N2/c1-17-23-21(18-11-5-2-6-12-18)22(19-13-7-3-8-14-19)24(17)20-15-9-4-10-16-20/h2-17,23H,1H3. The Morgan fingerprint density at radius 3 is 1.75 bits per heavy atom. The van der Waals surface area contributed by atoms with Crippen molar-refractivity contribution in [3.05, 3.63) is 102 Å². The highest BCUT2D eigenvalue weighted by atomic mass is 15.3. The lowest BCUT2D eigenvalue weighted by molar-refractivity contribution is 0.695. The quantitative estimate of drug-likeness (QED) is 0.734. The van der Waals surface area contributed by atoms with Gasteiger partial charge in [-0.15, -0.1) is 0 Å². The molecular formula is C22H20N2. The van der Waals surface area contributed by atoms with Crippen molar-refractivity contribution in [1.82, 2.24) is 5.32 Å². The van der Waals surface area contributed by atoms with Crippen LogP contribution in [0.1, 0.15) is 18.1 Å². The Balaban J connectivity index is 1.92. The van der Waals surface area contributed by atoms with Gasteiger partial charge in [-0.1, -0.05) is 78.9 Å². The fraction of sp³-hybridized carbons (Fsp3) is 0.0909. The average Bonchev–Trinajstić information content (AvgIpc) is 3.01. The van der Waals surface area contributed by atoms with E-state index < -0.39 is 0 Å². The van der Waals surface area contributed by atoms with Gasteiger partial charge in [0.15, 0.2) is 0 Å². The number of hydrogen-bond donors (Lipinski definition) is 1. The number of rotatable bonds is 3. The molecule has 0 fully saturated rings. The van der Waals surface area contributed by atoms with Crippen molar-refractivity contribution in [2.45, 2.75) is 13.1 Å². The van der Waals surface area contributed by atoms with Gasteiger partial charge in [0.25, 0.3) is 0 Å². The summed E-state index contributed by atoms with van der Waals surface area (Å²) >= 11 is 0. The van der Waals surface area contributed by atoms with Crippen molar-refractivity contribution in [2.75, 3.05) is 4.90 Å². The molecule has 1 atom stereocenters. The van der Waals surface area contributed by atoms with Crippen LogP contribution in [-0.4, -0.2) is 6.17 Å². The maximum absolute atomic E-state index is 3.67. The molecule has 1 unspecified atom stereocenters. The van der Waals surface area contributed by atoms with Crippen LogP contribution in [0.3, 0.4) is 0 Å². The average molecular weight is 312 g/mol. The van der Waals surface area contributed by atoms with Gasteiger partial charge in [0.1, 0.15) is 6.17 Å². The molecule has 1 heterocycles. The third-order valence-corrected chi connectivity index (χ3v) is 4.36. The minimum atomic E-state index is 0.192. The third-order valence-electron chi connectivity index (χ3n) is 4.36. The molecule has 1 aliphatic rings. The van der Waals surface area contributed by atoms with Gasteiger partial charge in [-0.25, -0.2) is 0 Å². The summed E-state index contributed by atoms with van der Waals surface area (Å²) in [5, 5.41) is 3.67. The van der Waals surface area contributed by atoms with Gasteiger partial charge >= 0.3 is 0 Å². The summed E-state index contributed by atoms with van der Waals surface area (Å²) in [6.45, 7) is 2.20. The van der Waals surface area contributed by atoms with Gasteiger partial charge in [0.05, 0.1) is 11.4 Å². The van der Waals surface area contributed by atoms with Crippen molar-refractivity contribution in [2.24, 2.45) is 0 Å². The minimum Gasteiger partial charge on any atom is -0.363 e. The first-order chi connectivity index (χ1) is 11.8. The van der Waals surface area contributed by atoms with Crippen LogP contribution < -0.4 is 10.2 Å². The molecule has 1 aliphatic heterocycles. The molecule has 2 nitrogen and oxygen atoms in total. The maximum atomic E-state index is 3.67. The monoisotopic (exact) mass is 312 g/mol. The molecule has 0 bridgehead atoms. The SMILES string of the molecule is CC1NC(c2ccccc2)=C(c2ccccc2)N1c1ccccc1. The second kappa shape index (κ2) is 6.25. The summed E-state index contributed by atoms with van der Waals surface area (Å²) in [7, 11) is 0. The molecule has 24 heavy (non-hydrogen) atoms. The number of nitrogens with one attached hydrogen (secondary N) is 1. The Morgan fingerprint density at radius 1 is 0.667 bits per heavy atom. The Hall–Kier alpha value is -3.00. The van der Waals surface area contributed by atoms with Crippen molar-refractivity contribution < 1.29 is 0 Å². The van der Waals surface area contributed by atoms with Crippen LogP contribution in [0.2, 0.25) is 0 Å². The molecule has 3 aromatic carbocycles. The van der Waals surface area contributed by atoms with Crippen LogP contribution in [0.4, 0.5) is 5.69 Å². The zero-order valence-electron chi connectivity index (χ0n) is 13.7. The van der Waals surface area contributed by atoms with E-state index in [1.807, 2.05) is 0 Å². The Morgan fingerprint density at radius 2 is 1.17 bits per heavy atom. The summed E-state index contributed by atoms with van der Waals surface area (Å²) < 4.78 is 0. The molecule has 4 rings (SSSR count). The molecule has 1 N–H and O–H groups in total. The van der Waals surface area contributed by atoms with Crippen molar-refractivity contribution in [1.29, 1.82) is 0 Å². The Labute approximate surface area is 143 Å². The molecule has 118 valence electrons. The normalized spacial score (nSPS) is 17.0. The van der Waals surface area contributed by atoms with Crippen LogP contribution in [0.25, 0.3) is 11.4 Å². The van der Waals surface area contributed by atoms with E-state index in [0.29, 0.717) is 0 Å². The number of para-hydroxylation sites is 1. The number of nitrogens with zero attached hydrogens (tertiary/aromatic N) is 1. The summed E-state index contributed by atoms with van der Waals surface area (Å²) in [5.74, 6) is 0. The number of benzene rings is 3. The lowest BCUT2D eigenvalue weighted by Gasteiger charge is -2.27. The molecule has 0 radical (unpaired) electrons.